The Kier molecular flexibility index (Phi) is 4.60. The molecule has 0 fully saturated rings. The molecule has 0 amide bonds. The van der Waals surface area contributed by atoms with Crippen molar-refractivity contribution in [3.8, 4) is 0 Å². The Bertz CT molecular complexity index is 526. The SMILES string of the molecule is CN(C)CCCNC1CCS(=O)(=O)c2ccccc21. The average molecular weight is 282 g/mol. The number of rotatable bonds is 5. The lowest BCUT2D eigenvalue weighted by Gasteiger charge is -2.26. The van der Waals surface area contributed by atoms with Crippen molar-refractivity contribution in [3.63, 3.8) is 0 Å². The van der Waals surface area contributed by atoms with Crippen molar-refractivity contribution >= 4 is 9.84 Å². The molecule has 1 aliphatic rings. The summed E-state index contributed by atoms with van der Waals surface area (Å²) in [4.78, 5) is 2.66. The first-order valence-electron chi connectivity index (χ1n) is 6.70. The molecule has 0 spiro atoms. The normalized spacial score (nSPS) is 21.3. The van der Waals surface area contributed by atoms with E-state index >= 15 is 0 Å². The van der Waals surface area contributed by atoms with E-state index < -0.39 is 9.84 Å². The highest BCUT2D eigenvalue weighted by Gasteiger charge is 2.29. The van der Waals surface area contributed by atoms with Crippen molar-refractivity contribution in [3.05, 3.63) is 29.8 Å². The van der Waals surface area contributed by atoms with Crippen molar-refractivity contribution in [2.45, 2.75) is 23.8 Å². The van der Waals surface area contributed by atoms with Gasteiger partial charge < -0.3 is 10.2 Å². The van der Waals surface area contributed by atoms with Gasteiger partial charge in [0.15, 0.2) is 9.84 Å². The van der Waals surface area contributed by atoms with Crippen LogP contribution in [0.25, 0.3) is 0 Å². The molecule has 1 atom stereocenters. The molecule has 0 bridgehead atoms. The van der Waals surface area contributed by atoms with Gasteiger partial charge in [-0.15, -0.1) is 0 Å². The van der Waals surface area contributed by atoms with Gasteiger partial charge in [-0.1, -0.05) is 18.2 Å². The van der Waals surface area contributed by atoms with Gasteiger partial charge in [0, 0.05) is 6.04 Å². The molecule has 106 valence electrons. The summed E-state index contributed by atoms with van der Waals surface area (Å²) in [5.74, 6) is 0.245. The highest BCUT2D eigenvalue weighted by molar-refractivity contribution is 7.91. The number of benzene rings is 1. The van der Waals surface area contributed by atoms with Gasteiger partial charge in [-0.25, -0.2) is 8.42 Å². The highest BCUT2D eigenvalue weighted by atomic mass is 32.2. The Morgan fingerprint density at radius 1 is 1.32 bits per heavy atom. The lowest BCUT2D eigenvalue weighted by atomic mass is 10.0. The van der Waals surface area contributed by atoms with Gasteiger partial charge in [0.05, 0.1) is 10.6 Å². The summed E-state index contributed by atoms with van der Waals surface area (Å²) in [5.41, 5.74) is 0.929. The lowest BCUT2D eigenvalue weighted by Crippen LogP contribution is -2.31. The van der Waals surface area contributed by atoms with E-state index in [1.165, 1.54) is 0 Å². The van der Waals surface area contributed by atoms with Gasteiger partial charge in [0.25, 0.3) is 0 Å². The third-order valence-electron chi connectivity index (χ3n) is 3.48. The first kappa shape index (κ1) is 14.5. The molecular weight excluding hydrogens is 260 g/mol. The summed E-state index contributed by atoms with van der Waals surface area (Å²) >= 11 is 0. The van der Waals surface area contributed by atoms with Crippen LogP contribution in [0.3, 0.4) is 0 Å². The quantitative estimate of drug-likeness (QED) is 0.830. The van der Waals surface area contributed by atoms with Crippen LogP contribution in [-0.4, -0.2) is 46.3 Å². The molecule has 0 saturated heterocycles. The molecule has 0 aromatic heterocycles. The fourth-order valence-corrected chi connectivity index (χ4v) is 4.09. The zero-order valence-corrected chi connectivity index (χ0v) is 12.4. The standard InChI is InChI=1S/C14H22N2O2S/c1-16(2)10-5-9-15-13-8-11-19(17,18)14-7-4-3-6-12(13)14/h3-4,6-7,13,15H,5,8-11H2,1-2H3. The van der Waals surface area contributed by atoms with Crippen LogP contribution in [-0.2, 0) is 9.84 Å². The number of fused-ring (bicyclic) bond motifs is 1. The first-order valence-corrected chi connectivity index (χ1v) is 8.36. The molecule has 4 nitrogen and oxygen atoms in total. The molecular formula is C14H22N2O2S. The summed E-state index contributed by atoms with van der Waals surface area (Å²) in [6.45, 7) is 1.96. The smallest absolute Gasteiger partial charge is 0.178 e. The summed E-state index contributed by atoms with van der Waals surface area (Å²) in [7, 11) is 1.05. The number of nitrogens with one attached hydrogen (secondary N) is 1. The first-order chi connectivity index (χ1) is 9.00. The van der Waals surface area contributed by atoms with Crippen LogP contribution in [0.4, 0.5) is 0 Å². The molecule has 5 heteroatoms. The predicted octanol–water partition coefficient (Wildman–Crippen LogP) is 1.45. The van der Waals surface area contributed by atoms with Crippen LogP contribution in [0, 0.1) is 0 Å². The second-order valence-corrected chi connectivity index (χ2v) is 7.39. The Morgan fingerprint density at radius 2 is 2.05 bits per heavy atom. The molecule has 2 rings (SSSR count). The molecule has 1 unspecified atom stereocenters. The predicted molar refractivity (Wildman–Crippen MR) is 77.0 cm³/mol. The average Bonchev–Trinajstić information content (AvgIpc) is 2.37. The Balaban J connectivity index is 2.04. The Morgan fingerprint density at radius 3 is 2.79 bits per heavy atom. The van der Waals surface area contributed by atoms with Gasteiger partial charge >= 0.3 is 0 Å². The van der Waals surface area contributed by atoms with Crippen molar-refractivity contribution in [2.75, 3.05) is 32.9 Å². The van der Waals surface area contributed by atoms with E-state index in [1.807, 2.05) is 12.1 Å². The lowest BCUT2D eigenvalue weighted by molar-refractivity contribution is 0.383. The Hall–Kier alpha value is -0.910. The summed E-state index contributed by atoms with van der Waals surface area (Å²) in [6, 6.07) is 7.52. The highest BCUT2D eigenvalue weighted by Crippen LogP contribution is 2.31. The summed E-state index contributed by atoms with van der Waals surface area (Å²) < 4.78 is 24.0. The zero-order valence-electron chi connectivity index (χ0n) is 11.6. The van der Waals surface area contributed by atoms with E-state index in [1.54, 1.807) is 12.1 Å². The van der Waals surface area contributed by atoms with Crippen molar-refractivity contribution < 1.29 is 8.42 Å². The van der Waals surface area contributed by atoms with Crippen LogP contribution in [0.15, 0.2) is 29.2 Å². The maximum Gasteiger partial charge on any atom is 0.178 e. The van der Waals surface area contributed by atoms with E-state index in [4.69, 9.17) is 0 Å². The topological polar surface area (TPSA) is 49.4 Å². The molecule has 0 aliphatic carbocycles. The van der Waals surface area contributed by atoms with Gasteiger partial charge in [0.2, 0.25) is 0 Å². The van der Waals surface area contributed by atoms with E-state index in [9.17, 15) is 8.42 Å². The third kappa shape index (κ3) is 3.55. The minimum atomic E-state index is -3.07. The van der Waals surface area contributed by atoms with E-state index in [2.05, 4.69) is 24.3 Å². The number of hydrogen-bond donors (Lipinski definition) is 1. The second kappa shape index (κ2) is 6.03. The Labute approximate surface area is 115 Å². The van der Waals surface area contributed by atoms with Crippen molar-refractivity contribution in [1.82, 2.24) is 10.2 Å². The molecule has 1 N–H and O–H groups in total. The van der Waals surface area contributed by atoms with Crippen LogP contribution in [0.1, 0.15) is 24.4 Å². The monoisotopic (exact) mass is 282 g/mol. The van der Waals surface area contributed by atoms with Gasteiger partial charge in [-0.3, -0.25) is 0 Å². The minimum Gasteiger partial charge on any atom is -0.310 e. The van der Waals surface area contributed by atoms with E-state index in [0.717, 1.165) is 25.1 Å². The molecule has 1 aliphatic heterocycles. The number of hydrogen-bond acceptors (Lipinski definition) is 4. The summed E-state index contributed by atoms with van der Waals surface area (Å²) in [6.07, 6.45) is 1.74. The van der Waals surface area contributed by atoms with Crippen LogP contribution < -0.4 is 5.32 Å². The second-order valence-electron chi connectivity index (χ2n) is 5.31. The van der Waals surface area contributed by atoms with Gasteiger partial charge in [-0.2, -0.15) is 0 Å². The van der Waals surface area contributed by atoms with Crippen LogP contribution >= 0.6 is 0 Å². The maximum absolute atomic E-state index is 12.0. The summed E-state index contributed by atoms with van der Waals surface area (Å²) in [5, 5.41) is 3.48. The van der Waals surface area contributed by atoms with E-state index in [-0.39, 0.29) is 11.8 Å². The van der Waals surface area contributed by atoms with Crippen LogP contribution in [0.5, 0.6) is 0 Å². The molecule has 1 aromatic rings. The molecule has 19 heavy (non-hydrogen) atoms. The van der Waals surface area contributed by atoms with Crippen molar-refractivity contribution in [1.29, 1.82) is 0 Å². The molecule has 1 aromatic carbocycles. The van der Waals surface area contributed by atoms with E-state index in [0.29, 0.717) is 11.3 Å². The van der Waals surface area contributed by atoms with Gasteiger partial charge in [0.1, 0.15) is 0 Å². The van der Waals surface area contributed by atoms with Crippen LogP contribution in [0.2, 0.25) is 0 Å². The fourth-order valence-electron chi connectivity index (χ4n) is 2.47. The minimum absolute atomic E-state index is 0.168. The number of nitrogens with zero attached hydrogens (tertiary/aromatic N) is 1. The van der Waals surface area contributed by atoms with Gasteiger partial charge in [-0.05, 0) is 51.7 Å². The van der Waals surface area contributed by atoms with Crippen molar-refractivity contribution in [2.24, 2.45) is 0 Å². The maximum atomic E-state index is 12.0. The molecule has 1 heterocycles. The zero-order chi connectivity index (χ0) is 13.9. The largest absolute Gasteiger partial charge is 0.310 e. The molecule has 0 saturated carbocycles. The molecule has 0 radical (unpaired) electrons. The fraction of sp³-hybridized carbons (Fsp3) is 0.571. The number of sulfone groups is 1. The third-order valence-corrected chi connectivity index (χ3v) is 5.29.